The fourth-order valence-electron chi connectivity index (χ4n) is 6.06. The Hall–Kier alpha value is -2.92. The van der Waals surface area contributed by atoms with Gasteiger partial charge in [-0.25, -0.2) is 9.97 Å². The highest BCUT2D eigenvalue weighted by Gasteiger charge is 2.19. The van der Waals surface area contributed by atoms with Crippen LogP contribution in [0.15, 0.2) is 45.2 Å². The van der Waals surface area contributed by atoms with Gasteiger partial charge in [0.25, 0.3) is 0 Å². The molecule has 0 N–H and O–H groups in total. The van der Waals surface area contributed by atoms with Gasteiger partial charge in [0.15, 0.2) is 11.2 Å². The Kier molecular flexibility index (Phi) is 11.5. The van der Waals surface area contributed by atoms with E-state index in [1.165, 1.54) is 99.3 Å². The van der Waals surface area contributed by atoms with Gasteiger partial charge in [0.1, 0.15) is 11.0 Å². The maximum absolute atomic E-state index is 6.49. The summed E-state index contributed by atoms with van der Waals surface area (Å²) in [4.78, 5) is 12.0. The Morgan fingerprint density at radius 3 is 1.30 bits per heavy atom. The lowest BCUT2D eigenvalue weighted by atomic mass is 10.00. The lowest BCUT2D eigenvalue weighted by molar-refractivity contribution is 0.612. The van der Waals surface area contributed by atoms with Crippen LogP contribution in [0.2, 0.25) is 0 Å². The van der Waals surface area contributed by atoms with Gasteiger partial charge in [0.05, 0.1) is 9.75 Å². The average Bonchev–Trinajstić information content (AvgIpc) is 3.76. The molecule has 43 heavy (non-hydrogen) atoms. The molecule has 0 radical (unpaired) electrons. The molecule has 0 amide bonds. The number of nitrogens with zero attached hydrogens (tertiary/aromatic N) is 2. The van der Waals surface area contributed by atoms with E-state index in [0.717, 1.165) is 57.6 Å². The topological polar surface area (TPSA) is 52.1 Å². The zero-order valence-corrected chi connectivity index (χ0v) is 27.7. The lowest BCUT2D eigenvalue weighted by Crippen LogP contribution is -1.92. The zero-order valence-electron chi connectivity index (χ0n) is 26.9. The second-order valence-electron chi connectivity index (χ2n) is 12.2. The van der Waals surface area contributed by atoms with Crippen LogP contribution in [0, 0.1) is 0 Å². The lowest BCUT2D eigenvalue weighted by Gasteiger charge is -2.06. The molecule has 0 saturated carbocycles. The monoisotopic (exact) mass is 598 g/mol. The van der Waals surface area contributed by atoms with Crippen molar-refractivity contribution in [2.45, 2.75) is 130 Å². The van der Waals surface area contributed by atoms with E-state index in [1.807, 2.05) is 0 Å². The van der Waals surface area contributed by atoms with Gasteiger partial charge in [-0.15, -0.1) is 11.3 Å². The second-order valence-corrected chi connectivity index (χ2v) is 13.3. The largest absolute Gasteiger partial charge is 0.435 e. The molecular weight excluding hydrogens is 548 g/mol. The Morgan fingerprint density at radius 2 is 0.907 bits per heavy atom. The van der Waals surface area contributed by atoms with Gasteiger partial charge in [-0.05, 0) is 97.9 Å². The molecule has 0 saturated heterocycles. The number of aromatic nitrogens is 2. The minimum Gasteiger partial charge on any atom is -0.435 e. The molecule has 0 bridgehead atoms. The molecule has 4 nitrogen and oxygen atoms in total. The first-order valence-electron chi connectivity index (χ1n) is 17.1. The van der Waals surface area contributed by atoms with Crippen molar-refractivity contribution in [2.24, 2.45) is 0 Å². The van der Waals surface area contributed by atoms with E-state index in [2.05, 4.69) is 64.1 Å². The number of oxazole rings is 2. The smallest absolute Gasteiger partial charge is 0.237 e. The van der Waals surface area contributed by atoms with Crippen LogP contribution in [0.3, 0.4) is 0 Å². The molecule has 0 unspecified atom stereocenters. The maximum Gasteiger partial charge on any atom is 0.237 e. The number of hydrogen-bond donors (Lipinski definition) is 0. The number of fused-ring (bicyclic) bond motifs is 2. The van der Waals surface area contributed by atoms with E-state index < -0.39 is 0 Å². The summed E-state index contributed by atoms with van der Waals surface area (Å²) in [5.74, 6) is 1.39. The van der Waals surface area contributed by atoms with Crippen LogP contribution in [-0.2, 0) is 25.7 Å². The summed E-state index contributed by atoms with van der Waals surface area (Å²) in [5.41, 5.74) is 9.25. The number of benzene rings is 2. The van der Waals surface area contributed by atoms with E-state index in [0.29, 0.717) is 11.8 Å². The molecule has 0 aliphatic heterocycles. The fourth-order valence-corrected chi connectivity index (χ4v) is 6.92. The molecule has 0 aliphatic carbocycles. The Bertz CT molecular complexity index is 1470. The van der Waals surface area contributed by atoms with Crippen LogP contribution in [-0.4, -0.2) is 9.97 Å². The number of hydrogen-bond acceptors (Lipinski definition) is 5. The predicted octanol–water partition coefficient (Wildman–Crippen LogP) is 12.3. The Balaban J connectivity index is 1.44. The normalized spacial score (nSPS) is 11.8. The molecule has 2 aromatic carbocycles. The maximum atomic E-state index is 6.49. The second kappa shape index (κ2) is 15.7. The molecule has 0 atom stereocenters. The van der Waals surface area contributed by atoms with Crippen LogP contribution in [0.1, 0.15) is 127 Å². The summed E-state index contributed by atoms with van der Waals surface area (Å²) >= 11 is 1.65. The van der Waals surface area contributed by atoms with Crippen molar-refractivity contribution >= 4 is 33.5 Å². The van der Waals surface area contributed by atoms with E-state index in [4.69, 9.17) is 18.8 Å². The van der Waals surface area contributed by atoms with Crippen LogP contribution in [0.5, 0.6) is 0 Å². The van der Waals surface area contributed by atoms with Gasteiger partial charge in [0, 0.05) is 0 Å². The van der Waals surface area contributed by atoms with Crippen LogP contribution in [0.4, 0.5) is 0 Å². The summed E-state index contributed by atoms with van der Waals surface area (Å²) in [6, 6.07) is 13.4. The quantitative estimate of drug-likeness (QED) is 0.0941. The average molecular weight is 599 g/mol. The van der Waals surface area contributed by atoms with Crippen molar-refractivity contribution in [3.8, 4) is 21.5 Å². The van der Waals surface area contributed by atoms with Crippen LogP contribution < -0.4 is 0 Å². The first kappa shape index (κ1) is 31.5. The van der Waals surface area contributed by atoms with Crippen LogP contribution >= 0.6 is 11.3 Å². The summed E-state index contributed by atoms with van der Waals surface area (Å²) in [5, 5.41) is 0. The molecule has 3 aromatic heterocycles. The first-order chi connectivity index (χ1) is 21.1. The molecule has 5 rings (SSSR count). The van der Waals surface area contributed by atoms with E-state index in [9.17, 15) is 0 Å². The SMILES string of the molecule is CCCCCc1cc(CCCCC)c2oc(-c3ccc(-c4nc5cc(CCCCC)cc(CCCCC)c5o4)s3)nc2c1. The Labute approximate surface area is 262 Å². The number of rotatable bonds is 18. The zero-order chi connectivity index (χ0) is 30.0. The molecule has 230 valence electrons. The van der Waals surface area contributed by atoms with E-state index in [-0.39, 0.29) is 0 Å². The van der Waals surface area contributed by atoms with Crippen molar-refractivity contribution in [1.29, 1.82) is 0 Å². The molecule has 0 fully saturated rings. The van der Waals surface area contributed by atoms with E-state index >= 15 is 0 Å². The van der Waals surface area contributed by atoms with Gasteiger partial charge >= 0.3 is 0 Å². The molecule has 0 spiro atoms. The minimum atomic E-state index is 0.697. The number of thiophene rings is 1. The number of aryl methyl sites for hydroxylation is 4. The van der Waals surface area contributed by atoms with Crippen molar-refractivity contribution < 1.29 is 8.83 Å². The minimum absolute atomic E-state index is 0.697. The fraction of sp³-hybridized carbons (Fsp3) is 0.526. The van der Waals surface area contributed by atoms with Crippen molar-refractivity contribution in [2.75, 3.05) is 0 Å². The highest BCUT2D eigenvalue weighted by atomic mass is 32.1. The van der Waals surface area contributed by atoms with Crippen molar-refractivity contribution in [3.63, 3.8) is 0 Å². The number of unbranched alkanes of at least 4 members (excludes halogenated alkanes) is 8. The van der Waals surface area contributed by atoms with Gasteiger partial charge in [-0.1, -0.05) is 91.2 Å². The molecule has 0 aliphatic rings. The predicted molar refractivity (Wildman–Crippen MR) is 183 cm³/mol. The van der Waals surface area contributed by atoms with Gasteiger partial charge in [0.2, 0.25) is 11.8 Å². The summed E-state index contributed by atoms with van der Waals surface area (Å²) in [6.45, 7) is 9.04. The van der Waals surface area contributed by atoms with Crippen molar-refractivity contribution in [3.05, 3.63) is 58.7 Å². The standard InChI is InChI=1S/C38H50N2O2S/c1-5-9-13-17-27-23-29(19-15-11-7-3)35-31(25-27)39-37(41-35)33-21-22-34(43-33)38-40-32-26-28(18-14-10-6-2)24-30(36(32)42-38)20-16-12-8-4/h21-26H,5-20H2,1-4H3. The molecule has 5 aromatic rings. The molecule has 5 heteroatoms. The summed E-state index contributed by atoms with van der Waals surface area (Å²) < 4.78 is 13.0. The summed E-state index contributed by atoms with van der Waals surface area (Å²) in [6.07, 6.45) is 19.0. The molecule has 3 heterocycles. The van der Waals surface area contributed by atoms with Gasteiger partial charge in [-0.3, -0.25) is 0 Å². The highest BCUT2D eigenvalue weighted by Crippen LogP contribution is 2.38. The first-order valence-corrected chi connectivity index (χ1v) is 17.9. The van der Waals surface area contributed by atoms with Gasteiger partial charge < -0.3 is 8.83 Å². The third-order valence-electron chi connectivity index (χ3n) is 8.52. The Morgan fingerprint density at radius 1 is 0.512 bits per heavy atom. The third-order valence-corrected chi connectivity index (χ3v) is 9.58. The van der Waals surface area contributed by atoms with Gasteiger partial charge in [-0.2, -0.15) is 0 Å². The van der Waals surface area contributed by atoms with Crippen LogP contribution in [0.25, 0.3) is 43.7 Å². The van der Waals surface area contributed by atoms with Crippen molar-refractivity contribution in [1.82, 2.24) is 9.97 Å². The van der Waals surface area contributed by atoms with E-state index in [1.54, 1.807) is 11.3 Å². The molecular formula is C38H50N2O2S. The summed E-state index contributed by atoms with van der Waals surface area (Å²) in [7, 11) is 0. The highest BCUT2D eigenvalue weighted by molar-refractivity contribution is 7.18. The third kappa shape index (κ3) is 7.98.